The van der Waals surface area contributed by atoms with Gasteiger partial charge in [0.1, 0.15) is 17.2 Å². The van der Waals surface area contributed by atoms with Crippen LogP contribution in [-0.2, 0) is 6.42 Å². The van der Waals surface area contributed by atoms with Gasteiger partial charge in [-0.15, -0.1) is 0 Å². The highest BCUT2D eigenvalue weighted by Crippen LogP contribution is 2.43. The summed E-state index contributed by atoms with van der Waals surface area (Å²) in [6.45, 7) is 2.14. The van der Waals surface area contributed by atoms with Gasteiger partial charge in [-0.3, -0.25) is 9.13 Å². The first-order valence-corrected chi connectivity index (χ1v) is 13.2. The van der Waals surface area contributed by atoms with Gasteiger partial charge in [0.05, 0.1) is 22.2 Å². The van der Waals surface area contributed by atoms with Crippen molar-refractivity contribution in [3.8, 4) is 45.4 Å². The van der Waals surface area contributed by atoms with Crippen molar-refractivity contribution in [1.29, 1.82) is 0 Å². The molecule has 0 atom stereocenters. The number of aromatic nitrogens is 4. The van der Waals surface area contributed by atoms with Gasteiger partial charge in [-0.2, -0.15) is 0 Å². The predicted molar refractivity (Wildman–Crippen MR) is 156 cm³/mol. The number of ether oxygens (including phenoxy) is 1. The minimum absolute atomic E-state index is 0.842. The van der Waals surface area contributed by atoms with Crippen molar-refractivity contribution >= 4 is 22.1 Å². The number of rotatable bonds is 4. The van der Waals surface area contributed by atoms with Gasteiger partial charge in [0, 0.05) is 17.7 Å². The molecular weight excluding hydrogens is 480 g/mol. The molecule has 5 nitrogen and oxygen atoms in total. The monoisotopic (exact) mass is 504 g/mol. The van der Waals surface area contributed by atoms with E-state index in [0.29, 0.717) is 0 Å². The second-order valence-corrected chi connectivity index (χ2v) is 9.80. The average molecular weight is 505 g/mol. The van der Waals surface area contributed by atoms with Crippen molar-refractivity contribution in [3.05, 3.63) is 121 Å². The molecule has 39 heavy (non-hydrogen) atoms. The number of imidazole rings is 2. The lowest BCUT2D eigenvalue weighted by molar-refractivity contribution is 0.474. The molecule has 1 aliphatic heterocycles. The zero-order valence-electron chi connectivity index (χ0n) is 21.4. The summed E-state index contributed by atoms with van der Waals surface area (Å²) in [5, 5.41) is 0. The molecule has 3 heterocycles. The van der Waals surface area contributed by atoms with Crippen LogP contribution in [0, 0.1) is 0 Å². The molecule has 5 aromatic carbocycles. The zero-order chi connectivity index (χ0) is 25.9. The first kappa shape index (κ1) is 21.9. The van der Waals surface area contributed by atoms with Crippen LogP contribution in [0.4, 0.5) is 0 Å². The Hall–Kier alpha value is -5.16. The molecule has 5 heteroatoms. The van der Waals surface area contributed by atoms with Crippen LogP contribution >= 0.6 is 0 Å². The van der Waals surface area contributed by atoms with Crippen molar-refractivity contribution in [2.75, 3.05) is 0 Å². The molecule has 186 valence electrons. The highest BCUT2D eigenvalue weighted by molar-refractivity contribution is 5.88. The van der Waals surface area contributed by atoms with Crippen LogP contribution < -0.4 is 4.74 Å². The molecule has 1 aliphatic rings. The maximum Gasteiger partial charge on any atom is 0.153 e. The summed E-state index contributed by atoms with van der Waals surface area (Å²) in [5.41, 5.74) is 9.53. The van der Waals surface area contributed by atoms with Crippen LogP contribution in [0.3, 0.4) is 0 Å². The van der Waals surface area contributed by atoms with E-state index in [1.165, 1.54) is 0 Å². The average Bonchev–Trinajstić information content (AvgIpc) is 3.58. The largest absolute Gasteiger partial charge is 0.453 e. The fourth-order valence-electron chi connectivity index (χ4n) is 5.67. The van der Waals surface area contributed by atoms with Crippen molar-refractivity contribution in [1.82, 2.24) is 19.1 Å². The van der Waals surface area contributed by atoms with Gasteiger partial charge in [-0.1, -0.05) is 73.7 Å². The Morgan fingerprint density at radius 3 is 2.21 bits per heavy atom. The summed E-state index contributed by atoms with van der Waals surface area (Å²) in [7, 11) is 0. The molecule has 0 radical (unpaired) electrons. The number of para-hydroxylation sites is 4. The van der Waals surface area contributed by atoms with Crippen LogP contribution in [0.15, 0.2) is 115 Å². The van der Waals surface area contributed by atoms with Crippen LogP contribution in [0.25, 0.3) is 56.0 Å². The standard InChI is InChI=1S/C34H24N4O/c1-2-32-35-27-12-8-14-31-33(27)38(32)29-21-24(19-20-30(29)39-31)22-15-17-23(18-16-22)34-36-26-11-6-7-13-28(26)37(34)25-9-4-3-5-10-25/h3-21H,2H2,1H3. The third-order valence-electron chi connectivity index (χ3n) is 7.50. The highest BCUT2D eigenvalue weighted by atomic mass is 16.5. The first-order chi connectivity index (χ1) is 19.3. The van der Waals surface area contributed by atoms with E-state index in [-0.39, 0.29) is 0 Å². The number of benzene rings is 5. The molecule has 0 aliphatic carbocycles. The number of fused-ring (bicyclic) bond motifs is 3. The molecule has 2 aromatic heterocycles. The minimum Gasteiger partial charge on any atom is -0.453 e. The lowest BCUT2D eigenvalue weighted by Crippen LogP contribution is -2.07. The Morgan fingerprint density at radius 2 is 1.36 bits per heavy atom. The number of nitrogens with zero attached hydrogens (tertiary/aromatic N) is 4. The van der Waals surface area contributed by atoms with E-state index >= 15 is 0 Å². The topological polar surface area (TPSA) is 44.9 Å². The molecular formula is C34H24N4O. The fourth-order valence-corrected chi connectivity index (χ4v) is 5.67. The molecule has 0 unspecified atom stereocenters. The summed E-state index contributed by atoms with van der Waals surface area (Å²) >= 11 is 0. The molecule has 0 fully saturated rings. The normalized spacial score (nSPS) is 12.0. The summed E-state index contributed by atoms with van der Waals surface area (Å²) < 4.78 is 10.8. The zero-order valence-corrected chi connectivity index (χ0v) is 21.4. The van der Waals surface area contributed by atoms with Gasteiger partial charge >= 0.3 is 0 Å². The van der Waals surface area contributed by atoms with E-state index in [4.69, 9.17) is 14.7 Å². The Kier molecular flexibility index (Phi) is 4.73. The molecule has 0 bridgehead atoms. The van der Waals surface area contributed by atoms with Crippen LogP contribution in [0.1, 0.15) is 12.7 Å². The lowest BCUT2D eigenvalue weighted by Gasteiger charge is -2.21. The Labute approximate surface area is 225 Å². The van der Waals surface area contributed by atoms with Gasteiger partial charge in [0.25, 0.3) is 0 Å². The molecule has 0 saturated heterocycles. The van der Waals surface area contributed by atoms with Crippen LogP contribution in [0.5, 0.6) is 11.5 Å². The molecule has 0 N–H and O–H groups in total. The molecule has 0 saturated carbocycles. The van der Waals surface area contributed by atoms with E-state index in [9.17, 15) is 0 Å². The van der Waals surface area contributed by atoms with E-state index in [2.05, 4.69) is 101 Å². The summed E-state index contributed by atoms with van der Waals surface area (Å²) in [4.78, 5) is 9.89. The van der Waals surface area contributed by atoms with E-state index in [1.807, 2.05) is 30.3 Å². The van der Waals surface area contributed by atoms with Gasteiger partial charge in [0.2, 0.25) is 0 Å². The summed E-state index contributed by atoms with van der Waals surface area (Å²) in [5.74, 6) is 3.66. The van der Waals surface area contributed by atoms with Crippen LogP contribution in [-0.4, -0.2) is 19.1 Å². The molecule has 7 aromatic rings. The van der Waals surface area contributed by atoms with Gasteiger partial charge in [-0.25, -0.2) is 9.97 Å². The molecule has 8 rings (SSSR count). The molecule has 0 amide bonds. The third-order valence-corrected chi connectivity index (χ3v) is 7.50. The maximum atomic E-state index is 6.29. The van der Waals surface area contributed by atoms with E-state index in [1.54, 1.807) is 0 Å². The number of aryl methyl sites for hydroxylation is 1. The Balaban J connectivity index is 1.23. The first-order valence-electron chi connectivity index (χ1n) is 13.2. The Bertz CT molecular complexity index is 2020. The maximum absolute atomic E-state index is 6.29. The SMILES string of the molecule is CCc1nc2cccc3c2n1-c1cc(-c2ccc(-c4nc5ccccc5n4-c4ccccc4)cc2)ccc1O3. The highest BCUT2D eigenvalue weighted by Gasteiger charge is 2.24. The van der Waals surface area contributed by atoms with Crippen molar-refractivity contribution in [3.63, 3.8) is 0 Å². The summed E-state index contributed by atoms with van der Waals surface area (Å²) in [6, 6.07) is 39.8. The predicted octanol–water partition coefficient (Wildman–Crippen LogP) is 8.37. The van der Waals surface area contributed by atoms with Crippen molar-refractivity contribution < 1.29 is 4.74 Å². The van der Waals surface area contributed by atoms with Crippen molar-refractivity contribution in [2.24, 2.45) is 0 Å². The van der Waals surface area contributed by atoms with Gasteiger partial charge < -0.3 is 4.74 Å². The van der Waals surface area contributed by atoms with E-state index < -0.39 is 0 Å². The Morgan fingerprint density at radius 1 is 0.615 bits per heavy atom. The number of hydrogen-bond acceptors (Lipinski definition) is 3. The minimum atomic E-state index is 0.842. The quantitative estimate of drug-likeness (QED) is 0.242. The van der Waals surface area contributed by atoms with E-state index in [0.717, 1.165) is 79.7 Å². The lowest BCUT2D eigenvalue weighted by atomic mass is 10.0. The third kappa shape index (κ3) is 3.33. The molecule has 0 spiro atoms. The van der Waals surface area contributed by atoms with Gasteiger partial charge in [-0.05, 0) is 59.7 Å². The van der Waals surface area contributed by atoms with Crippen molar-refractivity contribution in [2.45, 2.75) is 13.3 Å². The second kappa shape index (κ2) is 8.43. The summed E-state index contributed by atoms with van der Waals surface area (Å²) in [6.07, 6.45) is 0.842. The van der Waals surface area contributed by atoms with Crippen LogP contribution in [0.2, 0.25) is 0 Å². The number of hydrogen-bond donors (Lipinski definition) is 0. The smallest absolute Gasteiger partial charge is 0.153 e. The fraction of sp³-hybridized carbons (Fsp3) is 0.0588. The van der Waals surface area contributed by atoms with Gasteiger partial charge in [0.15, 0.2) is 11.5 Å². The second-order valence-electron chi connectivity index (χ2n) is 9.80.